The van der Waals surface area contributed by atoms with Crippen LogP contribution in [0.2, 0.25) is 0 Å². The summed E-state index contributed by atoms with van der Waals surface area (Å²) >= 11 is 0. The van der Waals surface area contributed by atoms with Gasteiger partial charge in [-0.25, -0.2) is 4.39 Å². The van der Waals surface area contributed by atoms with E-state index in [1.165, 1.54) is 18.6 Å². The highest BCUT2D eigenvalue weighted by Crippen LogP contribution is 2.38. The van der Waals surface area contributed by atoms with Gasteiger partial charge in [-0.2, -0.15) is 0 Å². The van der Waals surface area contributed by atoms with Gasteiger partial charge in [-0.15, -0.1) is 13.2 Å². The van der Waals surface area contributed by atoms with Gasteiger partial charge in [0.05, 0.1) is 6.61 Å². The molecular weight excluding hydrogens is 336 g/mol. The minimum Gasteiger partial charge on any atom is -0.490 e. The van der Waals surface area contributed by atoms with Crippen LogP contribution in [0, 0.1) is 17.7 Å². The maximum absolute atomic E-state index is 14.5. The molecule has 2 aliphatic rings. The normalized spacial score (nSPS) is 18.4. The van der Waals surface area contributed by atoms with E-state index in [0.717, 1.165) is 32.1 Å². The Kier molecular flexibility index (Phi) is 5.54. The van der Waals surface area contributed by atoms with Crippen molar-refractivity contribution >= 4 is 0 Å². The van der Waals surface area contributed by atoms with E-state index in [1.54, 1.807) is 6.08 Å². The molecule has 0 heterocycles. The molecule has 0 saturated heterocycles. The Morgan fingerprint density at radius 2 is 1.88 bits per heavy atom. The molecule has 0 spiro atoms. The molecule has 0 unspecified atom stereocenters. The zero-order chi connectivity index (χ0) is 17.9. The van der Waals surface area contributed by atoms with E-state index in [2.05, 4.69) is 4.74 Å². The highest BCUT2D eigenvalue weighted by Gasteiger charge is 2.35. The van der Waals surface area contributed by atoms with Crippen LogP contribution in [-0.2, 0) is 6.42 Å². The monoisotopic (exact) mass is 358 g/mol. The van der Waals surface area contributed by atoms with Crippen LogP contribution in [0.15, 0.2) is 24.3 Å². The third kappa shape index (κ3) is 5.38. The highest BCUT2D eigenvalue weighted by molar-refractivity contribution is 5.45. The first kappa shape index (κ1) is 18.1. The maximum Gasteiger partial charge on any atom is 0.573 e. The zero-order valence-electron chi connectivity index (χ0n) is 13.9. The molecule has 0 aliphatic heterocycles. The molecule has 6 heteroatoms. The molecule has 138 valence electrons. The third-order valence-electron chi connectivity index (χ3n) is 4.74. The summed E-state index contributed by atoms with van der Waals surface area (Å²) < 4.78 is 61.8. The van der Waals surface area contributed by atoms with E-state index >= 15 is 0 Å². The van der Waals surface area contributed by atoms with Crippen LogP contribution in [0.4, 0.5) is 17.6 Å². The topological polar surface area (TPSA) is 18.5 Å². The fourth-order valence-corrected chi connectivity index (χ4v) is 2.85. The molecule has 2 aliphatic carbocycles. The number of hydrogen-bond donors (Lipinski definition) is 0. The van der Waals surface area contributed by atoms with E-state index in [1.807, 2.05) is 6.08 Å². The molecule has 2 nitrogen and oxygen atoms in total. The van der Waals surface area contributed by atoms with Crippen molar-refractivity contribution in [3.8, 4) is 11.5 Å². The number of ether oxygens (including phenoxy) is 2. The van der Waals surface area contributed by atoms with Crippen LogP contribution in [0.5, 0.6) is 11.5 Å². The lowest BCUT2D eigenvalue weighted by molar-refractivity contribution is -0.276. The van der Waals surface area contributed by atoms with E-state index in [4.69, 9.17) is 4.74 Å². The predicted octanol–water partition coefficient (Wildman–Crippen LogP) is 5.80. The molecule has 1 aromatic carbocycles. The van der Waals surface area contributed by atoms with Crippen LogP contribution >= 0.6 is 0 Å². The van der Waals surface area contributed by atoms with Crippen molar-refractivity contribution in [1.82, 2.24) is 0 Å². The Morgan fingerprint density at radius 1 is 1.12 bits per heavy atom. The van der Waals surface area contributed by atoms with E-state index in [-0.39, 0.29) is 24.3 Å². The highest BCUT2D eigenvalue weighted by atomic mass is 19.4. The van der Waals surface area contributed by atoms with Crippen molar-refractivity contribution in [2.75, 3.05) is 6.61 Å². The number of rotatable bonds is 8. The Bertz CT molecular complexity index is 617. The van der Waals surface area contributed by atoms with Crippen LogP contribution < -0.4 is 9.47 Å². The standard InChI is InChI=1S/C19H22F4O2/c20-17-15(6-2-5-14-7-8-14)9-10-16(18(17)25-19(21,22)23)24-12-11-13-3-1-4-13/h2,5,9-10,13-14H,1,3-4,6-8,11-12H2/b5-2+. The summed E-state index contributed by atoms with van der Waals surface area (Å²) in [6.07, 6.45) is 5.48. The Labute approximate surface area is 144 Å². The summed E-state index contributed by atoms with van der Waals surface area (Å²) in [6, 6.07) is 2.83. The second-order valence-corrected chi connectivity index (χ2v) is 6.82. The lowest BCUT2D eigenvalue weighted by atomic mass is 9.83. The van der Waals surface area contributed by atoms with Crippen molar-refractivity contribution in [2.45, 2.75) is 51.3 Å². The van der Waals surface area contributed by atoms with Gasteiger partial charge in [-0.3, -0.25) is 0 Å². The van der Waals surface area contributed by atoms with Gasteiger partial charge in [0, 0.05) is 0 Å². The average Bonchev–Trinajstić information content (AvgIpc) is 3.30. The summed E-state index contributed by atoms with van der Waals surface area (Å²) in [5.41, 5.74) is 0.169. The van der Waals surface area contributed by atoms with Crippen LogP contribution in [-0.4, -0.2) is 13.0 Å². The number of allylic oxidation sites excluding steroid dienone is 2. The summed E-state index contributed by atoms with van der Waals surface area (Å²) in [5.74, 6) is -0.965. The van der Waals surface area contributed by atoms with Gasteiger partial charge in [-0.1, -0.05) is 37.5 Å². The molecule has 0 radical (unpaired) electrons. The Balaban J connectivity index is 1.70. The third-order valence-corrected chi connectivity index (χ3v) is 4.74. The van der Waals surface area contributed by atoms with Gasteiger partial charge < -0.3 is 9.47 Å². The van der Waals surface area contributed by atoms with Crippen molar-refractivity contribution in [3.05, 3.63) is 35.7 Å². The summed E-state index contributed by atoms with van der Waals surface area (Å²) in [4.78, 5) is 0. The van der Waals surface area contributed by atoms with E-state index < -0.39 is 17.9 Å². The quantitative estimate of drug-likeness (QED) is 0.432. The van der Waals surface area contributed by atoms with Crippen molar-refractivity contribution < 1.29 is 27.0 Å². The van der Waals surface area contributed by atoms with Crippen molar-refractivity contribution in [3.63, 3.8) is 0 Å². The molecule has 3 rings (SSSR count). The van der Waals surface area contributed by atoms with Crippen LogP contribution in [0.1, 0.15) is 44.1 Å². The molecule has 2 saturated carbocycles. The maximum atomic E-state index is 14.5. The van der Waals surface area contributed by atoms with Gasteiger partial charge in [0.2, 0.25) is 5.75 Å². The van der Waals surface area contributed by atoms with Gasteiger partial charge in [-0.05, 0) is 49.1 Å². The van der Waals surface area contributed by atoms with Crippen LogP contribution in [0.25, 0.3) is 0 Å². The largest absolute Gasteiger partial charge is 0.573 e. The minimum atomic E-state index is -4.96. The first-order valence-corrected chi connectivity index (χ1v) is 8.79. The van der Waals surface area contributed by atoms with Crippen molar-refractivity contribution in [2.24, 2.45) is 11.8 Å². The van der Waals surface area contributed by atoms with Gasteiger partial charge in [0.15, 0.2) is 11.6 Å². The second-order valence-electron chi connectivity index (χ2n) is 6.82. The predicted molar refractivity (Wildman–Crippen MR) is 86.1 cm³/mol. The van der Waals surface area contributed by atoms with E-state index in [0.29, 0.717) is 11.8 Å². The smallest absolute Gasteiger partial charge is 0.490 e. The molecule has 0 amide bonds. The molecule has 25 heavy (non-hydrogen) atoms. The molecule has 0 bridgehead atoms. The molecule has 2 fully saturated rings. The molecule has 1 aromatic rings. The molecule has 0 aromatic heterocycles. The SMILES string of the molecule is Fc1c(C/C=C/C2CC2)ccc(OCCC2CCC2)c1OC(F)(F)F. The van der Waals surface area contributed by atoms with Gasteiger partial charge >= 0.3 is 6.36 Å². The average molecular weight is 358 g/mol. The summed E-state index contributed by atoms with van der Waals surface area (Å²) in [7, 11) is 0. The molecule has 0 N–H and O–H groups in total. The number of alkyl halides is 3. The number of benzene rings is 1. The lowest BCUT2D eigenvalue weighted by Crippen LogP contribution is -2.20. The Hall–Kier alpha value is -1.72. The number of halogens is 4. The summed E-state index contributed by atoms with van der Waals surface area (Å²) in [5, 5.41) is 0. The zero-order valence-corrected chi connectivity index (χ0v) is 13.9. The molecular formula is C19H22F4O2. The van der Waals surface area contributed by atoms with Gasteiger partial charge in [0.25, 0.3) is 0 Å². The fraction of sp³-hybridized carbons (Fsp3) is 0.579. The lowest BCUT2D eigenvalue weighted by Gasteiger charge is -2.25. The molecule has 0 atom stereocenters. The first-order chi connectivity index (χ1) is 11.9. The van der Waals surface area contributed by atoms with Crippen LogP contribution in [0.3, 0.4) is 0 Å². The van der Waals surface area contributed by atoms with Gasteiger partial charge in [0.1, 0.15) is 0 Å². The first-order valence-electron chi connectivity index (χ1n) is 8.79. The minimum absolute atomic E-state index is 0.169. The fourth-order valence-electron chi connectivity index (χ4n) is 2.85. The van der Waals surface area contributed by atoms with Crippen molar-refractivity contribution in [1.29, 1.82) is 0 Å². The number of hydrogen-bond acceptors (Lipinski definition) is 2. The second kappa shape index (κ2) is 7.67. The Morgan fingerprint density at radius 3 is 2.48 bits per heavy atom. The van der Waals surface area contributed by atoms with E-state index in [9.17, 15) is 17.6 Å². The summed E-state index contributed by atoms with van der Waals surface area (Å²) in [6.45, 7) is 0.263.